The van der Waals surface area contributed by atoms with Gasteiger partial charge in [0.1, 0.15) is 24.5 Å². The van der Waals surface area contributed by atoms with Gasteiger partial charge in [0, 0.05) is 6.54 Å². The maximum Gasteiger partial charge on any atom is 0.244 e. The third kappa shape index (κ3) is 2.91. The second kappa shape index (κ2) is 5.39. The molecule has 0 spiro atoms. The van der Waals surface area contributed by atoms with Crippen LogP contribution in [0.5, 0.6) is 0 Å². The molecule has 2 aromatic rings. The average Bonchev–Trinajstić information content (AvgIpc) is 2.89. The number of carbonyl (C=O) groups excluding carboxylic acids is 1. The molecule has 2 rings (SSSR count). The van der Waals surface area contributed by atoms with Gasteiger partial charge in [-0.25, -0.2) is 14.1 Å². The van der Waals surface area contributed by atoms with Crippen molar-refractivity contribution < 1.29 is 9.18 Å². The van der Waals surface area contributed by atoms with Crippen LogP contribution in [0.3, 0.4) is 0 Å². The monoisotopic (exact) mass is 248 g/mol. The number of rotatable bonds is 4. The highest BCUT2D eigenvalue weighted by Crippen LogP contribution is 2.05. The maximum absolute atomic E-state index is 12.9. The van der Waals surface area contributed by atoms with E-state index in [1.54, 1.807) is 19.1 Å². The first-order chi connectivity index (χ1) is 8.66. The minimum absolute atomic E-state index is 0.190. The van der Waals surface area contributed by atoms with Crippen LogP contribution in [0.15, 0.2) is 36.9 Å². The molecule has 0 fully saturated rings. The van der Waals surface area contributed by atoms with Gasteiger partial charge in [-0.3, -0.25) is 4.79 Å². The highest BCUT2D eigenvalue weighted by atomic mass is 19.1. The number of amides is 1. The van der Waals surface area contributed by atoms with Gasteiger partial charge in [0.25, 0.3) is 0 Å². The summed E-state index contributed by atoms with van der Waals surface area (Å²) in [5.74, 6) is -0.504. The van der Waals surface area contributed by atoms with E-state index in [0.717, 1.165) is 0 Å². The van der Waals surface area contributed by atoms with Gasteiger partial charge >= 0.3 is 0 Å². The number of aromatic nitrogens is 3. The fourth-order valence-electron chi connectivity index (χ4n) is 1.52. The zero-order chi connectivity index (χ0) is 13.0. The molecule has 0 aliphatic rings. The number of benzene rings is 1. The van der Waals surface area contributed by atoms with E-state index in [2.05, 4.69) is 15.4 Å². The van der Waals surface area contributed by atoms with Crippen LogP contribution in [0.1, 0.15) is 18.5 Å². The summed E-state index contributed by atoms with van der Waals surface area (Å²) < 4.78 is 14.4. The summed E-state index contributed by atoms with van der Waals surface area (Å²) in [6.45, 7) is 2.01. The molecular weight excluding hydrogens is 235 g/mol. The number of hydrogen-bond donors (Lipinski definition) is 1. The Balaban J connectivity index is 1.92. The Morgan fingerprint density at radius 2 is 2.39 bits per heavy atom. The standard InChI is InChI=1S/C12H13FN4O/c1-9(17-8-14-7-16-17)12(18)15-6-10-3-2-4-11(13)5-10/h2-5,7-9H,6H2,1H3,(H,15,18)/t9-/m0/s1. The zero-order valence-corrected chi connectivity index (χ0v) is 9.88. The van der Waals surface area contributed by atoms with Crippen molar-refractivity contribution in [3.63, 3.8) is 0 Å². The lowest BCUT2D eigenvalue weighted by atomic mass is 10.2. The summed E-state index contributed by atoms with van der Waals surface area (Å²) in [4.78, 5) is 15.6. The highest BCUT2D eigenvalue weighted by molar-refractivity contribution is 5.79. The van der Waals surface area contributed by atoms with E-state index in [-0.39, 0.29) is 18.3 Å². The van der Waals surface area contributed by atoms with Crippen LogP contribution >= 0.6 is 0 Å². The topological polar surface area (TPSA) is 59.8 Å². The van der Waals surface area contributed by atoms with Crippen LogP contribution in [-0.2, 0) is 11.3 Å². The lowest BCUT2D eigenvalue weighted by molar-refractivity contribution is -0.124. The molecule has 0 aliphatic heterocycles. The Labute approximate surface area is 104 Å². The summed E-state index contributed by atoms with van der Waals surface area (Å²) >= 11 is 0. The molecule has 94 valence electrons. The predicted molar refractivity (Wildman–Crippen MR) is 63.0 cm³/mol. The van der Waals surface area contributed by atoms with Gasteiger partial charge < -0.3 is 5.32 Å². The molecule has 1 amide bonds. The van der Waals surface area contributed by atoms with Crippen molar-refractivity contribution in [2.75, 3.05) is 0 Å². The number of hydrogen-bond acceptors (Lipinski definition) is 3. The lowest BCUT2D eigenvalue weighted by Crippen LogP contribution is -2.30. The van der Waals surface area contributed by atoms with E-state index >= 15 is 0 Å². The number of nitrogens with zero attached hydrogens (tertiary/aromatic N) is 3. The SMILES string of the molecule is C[C@@H](C(=O)NCc1cccc(F)c1)n1cncn1. The summed E-state index contributed by atoms with van der Waals surface area (Å²) in [6.07, 6.45) is 2.85. The number of nitrogens with one attached hydrogen (secondary N) is 1. The number of carbonyl (C=O) groups is 1. The van der Waals surface area contributed by atoms with E-state index in [1.165, 1.54) is 29.5 Å². The Morgan fingerprint density at radius 1 is 1.56 bits per heavy atom. The van der Waals surface area contributed by atoms with Gasteiger partial charge in [0.05, 0.1) is 0 Å². The first-order valence-electron chi connectivity index (χ1n) is 5.53. The van der Waals surface area contributed by atoms with Gasteiger partial charge in [-0.15, -0.1) is 0 Å². The van der Waals surface area contributed by atoms with Crippen molar-refractivity contribution in [1.29, 1.82) is 0 Å². The molecule has 1 N–H and O–H groups in total. The lowest BCUT2D eigenvalue weighted by Gasteiger charge is -2.12. The Kier molecular flexibility index (Phi) is 3.66. The maximum atomic E-state index is 12.9. The molecular formula is C12H13FN4O. The van der Waals surface area contributed by atoms with E-state index in [9.17, 15) is 9.18 Å². The summed E-state index contributed by atoms with van der Waals surface area (Å²) in [5.41, 5.74) is 0.717. The van der Waals surface area contributed by atoms with Crippen LogP contribution in [-0.4, -0.2) is 20.7 Å². The van der Waals surface area contributed by atoms with Crippen molar-refractivity contribution in [3.05, 3.63) is 48.3 Å². The third-order valence-electron chi connectivity index (χ3n) is 2.57. The van der Waals surface area contributed by atoms with Gasteiger partial charge in [-0.05, 0) is 24.6 Å². The van der Waals surface area contributed by atoms with E-state index in [0.29, 0.717) is 5.56 Å². The Bertz CT molecular complexity index is 527. The largest absolute Gasteiger partial charge is 0.350 e. The minimum atomic E-state index is -0.443. The summed E-state index contributed by atoms with van der Waals surface area (Å²) in [5, 5.41) is 6.61. The molecule has 1 atom stereocenters. The fourth-order valence-corrected chi connectivity index (χ4v) is 1.52. The molecule has 0 aliphatic carbocycles. The van der Waals surface area contributed by atoms with Crippen LogP contribution in [0, 0.1) is 5.82 Å². The van der Waals surface area contributed by atoms with Crippen molar-refractivity contribution in [2.45, 2.75) is 19.5 Å². The van der Waals surface area contributed by atoms with E-state index in [4.69, 9.17) is 0 Å². The van der Waals surface area contributed by atoms with Gasteiger partial charge in [0.2, 0.25) is 5.91 Å². The Hall–Kier alpha value is -2.24. The first-order valence-corrected chi connectivity index (χ1v) is 5.53. The third-order valence-corrected chi connectivity index (χ3v) is 2.57. The molecule has 18 heavy (non-hydrogen) atoms. The average molecular weight is 248 g/mol. The van der Waals surface area contributed by atoms with E-state index < -0.39 is 6.04 Å². The van der Waals surface area contributed by atoms with Gasteiger partial charge in [-0.2, -0.15) is 5.10 Å². The molecule has 6 heteroatoms. The highest BCUT2D eigenvalue weighted by Gasteiger charge is 2.14. The molecule has 1 aromatic carbocycles. The molecule has 1 aromatic heterocycles. The molecule has 0 saturated heterocycles. The van der Waals surface area contributed by atoms with Crippen molar-refractivity contribution >= 4 is 5.91 Å². The molecule has 0 saturated carbocycles. The first kappa shape index (κ1) is 12.2. The normalized spacial score (nSPS) is 12.1. The summed E-state index contributed by atoms with van der Waals surface area (Å²) in [6, 6.07) is 5.67. The molecule has 0 bridgehead atoms. The molecule has 5 nitrogen and oxygen atoms in total. The van der Waals surface area contributed by atoms with Crippen molar-refractivity contribution in [2.24, 2.45) is 0 Å². The summed E-state index contributed by atoms with van der Waals surface area (Å²) in [7, 11) is 0. The van der Waals surface area contributed by atoms with Crippen LogP contribution in [0.4, 0.5) is 4.39 Å². The van der Waals surface area contributed by atoms with Crippen molar-refractivity contribution in [3.8, 4) is 0 Å². The van der Waals surface area contributed by atoms with Crippen LogP contribution in [0.2, 0.25) is 0 Å². The molecule has 0 unspecified atom stereocenters. The van der Waals surface area contributed by atoms with E-state index in [1.807, 2.05) is 0 Å². The minimum Gasteiger partial charge on any atom is -0.350 e. The smallest absolute Gasteiger partial charge is 0.244 e. The van der Waals surface area contributed by atoms with Crippen LogP contribution < -0.4 is 5.32 Å². The molecule has 1 heterocycles. The number of halogens is 1. The van der Waals surface area contributed by atoms with Crippen LogP contribution in [0.25, 0.3) is 0 Å². The molecule has 0 radical (unpaired) electrons. The fraction of sp³-hybridized carbons (Fsp3) is 0.250. The van der Waals surface area contributed by atoms with Gasteiger partial charge in [0.15, 0.2) is 0 Å². The second-order valence-corrected chi connectivity index (χ2v) is 3.90. The van der Waals surface area contributed by atoms with Crippen molar-refractivity contribution in [1.82, 2.24) is 20.1 Å². The predicted octanol–water partition coefficient (Wildman–Crippen LogP) is 1.29. The quantitative estimate of drug-likeness (QED) is 0.887. The zero-order valence-electron chi connectivity index (χ0n) is 9.88. The van der Waals surface area contributed by atoms with Gasteiger partial charge in [-0.1, -0.05) is 12.1 Å². The second-order valence-electron chi connectivity index (χ2n) is 3.90. The Morgan fingerprint density at radius 3 is 3.06 bits per heavy atom.